The molecule has 0 saturated carbocycles. The smallest absolute Gasteiger partial charge is 0.410 e. The zero-order valence-corrected chi connectivity index (χ0v) is 20.8. The second-order valence-electron chi connectivity index (χ2n) is 9.98. The fourth-order valence-electron chi connectivity index (χ4n) is 4.55. The third kappa shape index (κ3) is 4.84. The van der Waals surface area contributed by atoms with Gasteiger partial charge in [0.1, 0.15) is 40.8 Å². The molecule has 2 aromatic heterocycles. The number of fused-ring (bicyclic) bond motifs is 1. The van der Waals surface area contributed by atoms with E-state index >= 15 is 0 Å². The minimum Gasteiger partial charge on any atom is -0.489 e. The van der Waals surface area contributed by atoms with Crippen LogP contribution in [0.25, 0.3) is 16.8 Å². The Kier molecular flexibility index (Phi) is 6.26. The third-order valence-corrected chi connectivity index (χ3v) is 6.17. The lowest BCUT2D eigenvalue weighted by Gasteiger charge is -2.28. The van der Waals surface area contributed by atoms with Crippen LogP contribution in [0.5, 0.6) is 5.75 Å². The van der Waals surface area contributed by atoms with Gasteiger partial charge in [0.15, 0.2) is 0 Å². The van der Waals surface area contributed by atoms with Crippen LogP contribution < -0.4 is 10.5 Å². The summed E-state index contributed by atoms with van der Waals surface area (Å²) in [4.78, 5) is 24.0. The Morgan fingerprint density at radius 1 is 1.11 bits per heavy atom. The molecular formula is C28H31N5O3. The molecule has 0 unspecified atom stereocenters. The molecule has 1 aliphatic heterocycles. The normalized spacial score (nSPS) is 15.9. The van der Waals surface area contributed by atoms with Gasteiger partial charge < -0.3 is 15.2 Å². The van der Waals surface area contributed by atoms with Crippen LogP contribution in [-0.4, -0.2) is 37.5 Å². The van der Waals surface area contributed by atoms with Crippen molar-refractivity contribution in [2.24, 2.45) is 0 Å². The molecule has 1 atom stereocenters. The van der Waals surface area contributed by atoms with Crippen molar-refractivity contribution in [1.29, 1.82) is 0 Å². The van der Waals surface area contributed by atoms with Crippen molar-refractivity contribution in [3.05, 3.63) is 78.4 Å². The summed E-state index contributed by atoms with van der Waals surface area (Å²) in [5.74, 6) is 1.91. The first-order valence-corrected chi connectivity index (χ1v) is 12.2. The monoisotopic (exact) mass is 485 g/mol. The highest BCUT2D eigenvalue weighted by molar-refractivity contribution is 5.85. The van der Waals surface area contributed by atoms with Crippen LogP contribution in [-0.2, 0) is 11.3 Å². The summed E-state index contributed by atoms with van der Waals surface area (Å²) in [7, 11) is 0. The average Bonchev–Trinajstić information content (AvgIpc) is 3.48. The Balaban J connectivity index is 1.45. The molecule has 2 aromatic carbocycles. The first-order valence-electron chi connectivity index (χ1n) is 12.2. The summed E-state index contributed by atoms with van der Waals surface area (Å²) >= 11 is 0. The number of hydrogen-bond acceptors (Lipinski definition) is 6. The molecule has 1 amide bonds. The van der Waals surface area contributed by atoms with Crippen molar-refractivity contribution in [1.82, 2.24) is 19.3 Å². The van der Waals surface area contributed by atoms with Gasteiger partial charge in [-0.15, -0.1) is 0 Å². The molecule has 2 N–H and O–H groups in total. The molecule has 0 aliphatic carbocycles. The highest BCUT2D eigenvalue weighted by Gasteiger charge is 2.36. The van der Waals surface area contributed by atoms with Gasteiger partial charge >= 0.3 is 6.09 Å². The molecule has 1 saturated heterocycles. The largest absolute Gasteiger partial charge is 0.489 e. The van der Waals surface area contributed by atoms with Gasteiger partial charge in [0.2, 0.25) is 0 Å². The SMILES string of the molecule is CC(C)(C)OC(=O)N1CCC[C@H]1c1nc(-c2ccc(OCc3ccccc3)cc2)c2c(N)nccn12. The minimum absolute atomic E-state index is 0.212. The average molecular weight is 486 g/mol. The van der Waals surface area contributed by atoms with E-state index < -0.39 is 5.60 Å². The molecule has 1 fully saturated rings. The van der Waals surface area contributed by atoms with Crippen LogP contribution in [0.3, 0.4) is 0 Å². The van der Waals surface area contributed by atoms with Gasteiger partial charge in [-0.1, -0.05) is 30.3 Å². The lowest BCUT2D eigenvalue weighted by Crippen LogP contribution is -2.36. The van der Waals surface area contributed by atoms with Crippen LogP contribution >= 0.6 is 0 Å². The van der Waals surface area contributed by atoms with Gasteiger partial charge in [0.05, 0.1) is 6.04 Å². The Hall–Kier alpha value is -4.07. The summed E-state index contributed by atoms with van der Waals surface area (Å²) in [6.45, 7) is 6.74. The Labute approximate surface area is 210 Å². The van der Waals surface area contributed by atoms with Crippen LogP contribution in [0.15, 0.2) is 67.0 Å². The van der Waals surface area contributed by atoms with E-state index in [0.29, 0.717) is 19.0 Å². The van der Waals surface area contributed by atoms with E-state index in [0.717, 1.165) is 46.8 Å². The topological polar surface area (TPSA) is 95.0 Å². The van der Waals surface area contributed by atoms with E-state index in [-0.39, 0.29) is 12.1 Å². The number of carbonyl (C=O) groups is 1. The van der Waals surface area contributed by atoms with Crippen molar-refractivity contribution in [2.75, 3.05) is 12.3 Å². The van der Waals surface area contributed by atoms with Crippen molar-refractivity contribution >= 4 is 17.4 Å². The highest BCUT2D eigenvalue weighted by atomic mass is 16.6. The number of rotatable bonds is 5. The molecular weight excluding hydrogens is 454 g/mol. The number of carbonyl (C=O) groups excluding carboxylic acids is 1. The number of ether oxygens (including phenoxy) is 2. The number of imidazole rings is 1. The molecule has 36 heavy (non-hydrogen) atoms. The second-order valence-corrected chi connectivity index (χ2v) is 9.98. The summed E-state index contributed by atoms with van der Waals surface area (Å²) in [6, 6.07) is 17.6. The molecule has 8 heteroatoms. The standard InChI is InChI=1S/C28H31N5O3/c1-28(2,3)36-27(34)32-16-7-10-22(32)26-31-23(24-25(29)30-15-17-33(24)26)20-11-13-21(14-12-20)35-18-19-8-5-4-6-9-19/h4-6,8-9,11-15,17,22H,7,10,16,18H2,1-3H3,(H2,29,30)/t22-/m0/s1. The molecule has 4 aromatic rings. The van der Waals surface area contributed by atoms with Crippen LogP contribution in [0.1, 0.15) is 51.0 Å². The van der Waals surface area contributed by atoms with Crippen LogP contribution in [0.4, 0.5) is 10.6 Å². The van der Waals surface area contributed by atoms with E-state index in [1.54, 1.807) is 11.1 Å². The molecule has 0 radical (unpaired) electrons. The quantitative estimate of drug-likeness (QED) is 0.394. The van der Waals surface area contributed by atoms with E-state index in [9.17, 15) is 4.79 Å². The summed E-state index contributed by atoms with van der Waals surface area (Å²) in [5, 5.41) is 0. The third-order valence-electron chi connectivity index (χ3n) is 6.17. The van der Waals surface area contributed by atoms with Crippen LogP contribution in [0, 0.1) is 0 Å². The first-order chi connectivity index (χ1) is 17.3. The molecule has 3 heterocycles. The van der Waals surface area contributed by atoms with Crippen molar-refractivity contribution in [2.45, 2.75) is 51.9 Å². The van der Waals surface area contributed by atoms with Crippen molar-refractivity contribution in [3.63, 3.8) is 0 Å². The number of anilines is 1. The summed E-state index contributed by atoms with van der Waals surface area (Å²) in [6.07, 6.45) is 4.85. The number of hydrogen-bond donors (Lipinski definition) is 1. The zero-order valence-electron chi connectivity index (χ0n) is 20.8. The second kappa shape index (κ2) is 9.53. The maximum absolute atomic E-state index is 12.9. The van der Waals surface area contributed by atoms with Gasteiger partial charge in [-0.2, -0.15) is 0 Å². The maximum Gasteiger partial charge on any atom is 0.410 e. The van der Waals surface area contributed by atoms with Gasteiger partial charge in [-0.25, -0.2) is 14.8 Å². The fraction of sp³-hybridized carbons (Fsp3) is 0.321. The predicted molar refractivity (Wildman–Crippen MR) is 139 cm³/mol. The van der Waals surface area contributed by atoms with E-state index in [4.69, 9.17) is 20.2 Å². The highest BCUT2D eigenvalue weighted by Crippen LogP contribution is 2.37. The Morgan fingerprint density at radius 3 is 2.58 bits per heavy atom. The first kappa shape index (κ1) is 23.7. The Morgan fingerprint density at radius 2 is 1.86 bits per heavy atom. The number of amides is 1. The molecule has 0 bridgehead atoms. The van der Waals surface area contributed by atoms with E-state index in [2.05, 4.69) is 4.98 Å². The van der Waals surface area contributed by atoms with Gasteiger partial charge in [0.25, 0.3) is 0 Å². The Bertz CT molecular complexity index is 1360. The predicted octanol–water partition coefficient (Wildman–Crippen LogP) is 5.63. The summed E-state index contributed by atoms with van der Waals surface area (Å²) < 4.78 is 13.6. The number of nitrogen functional groups attached to an aromatic ring is 1. The van der Waals surface area contributed by atoms with Crippen molar-refractivity contribution in [3.8, 4) is 17.0 Å². The number of likely N-dealkylation sites (tertiary alicyclic amines) is 1. The van der Waals surface area contributed by atoms with E-state index in [1.807, 2.05) is 86.0 Å². The van der Waals surface area contributed by atoms with Gasteiger partial charge in [-0.3, -0.25) is 9.30 Å². The number of aromatic nitrogens is 3. The summed E-state index contributed by atoms with van der Waals surface area (Å²) in [5.41, 5.74) is 9.21. The van der Waals surface area contributed by atoms with Crippen LogP contribution in [0.2, 0.25) is 0 Å². The molecule has 186 valence electrons. The van der Waals surface area contributed by atoms with Gasteiger partial charge in [0, 0.05) is 24.5 Å². The molecule has 5 rings (SSSR count). The lowest BCUT2D eigenvalue weighted by atomic mass is 10.1. The molecule has 1 aliphatic rings. The van der Waals surface area contributed by atoms with Crippen molar-refractivity contribution < 1.29 is 14.3 Å². The fourth-order valence-corrected chi connectivity index (χ4v) is 4.55. The van der Waals surface area contributed by atoms with E-state index in [1.165, 1.54) is 0 Å². The zero-order chi connectivity index (χ0) is 25.3. The minimum atomic E-state index is -0.567. The number of nitrogens with zero attached hydrogens (tertiary/aromatic N) is 4. The van der Waals surface area contributed by atoms with Gasteiger partial charge in [-0.05, 0) is 63.4 Å². The molecule has 8 nitrogen and oxygen atoms in total. The number of benzene rings is 2. The number of nitrogens with two attached hydrogens (primary N) is 1. The molecule has 0 spiro atoms. The maximum atomic E-state index is 12.9. The lowest BCUT2D eigenvalue weighted by molar-refractivity contribution is 0.0218.